The summed E-state index contributed by atoms with van der Waals surface area (Å²) in [6, 6.07) is 6.60. The lowest BCUT2D eigenvalue weighted by molar-refractivity contribution is -0.137. The Bertz CT molecular complexity index is 511. The Morgan fingerprint density at radius 3 is 2.41 bits per heavy atom. The van der Waals surface area contributed by atoms with E-state index in [2.05, 4.69) is 16.8 Å². The lowest BCUT2D eigenvalue weighted by Gasteiger charge is -2.39. The van der Waals surface area contributed by atoms with Crippen LogP contribution in [0.3, 0.4) is 0 Å². The predicted octanol–water partition coefficient (Wildman–Crippen LogP) is 1.82. The molecule has 2 aliphatic rings. The summed E-state index contributed by atoms with van der Waals surface area (Å²) in [5.41, 5.74) is 1.03. The predicted molar refractivity (Wildman–Crippen MR) is 85.4 cm³/mol. The lowest BCUT2D eigenvalue weighted by Crippen LogP contribution is -2.52. The van der Waals surface area contributed by atoms with Gasteiger partial charge in [0.2, 0.25) is 5.91 Å². The number of piperidine rings is 1. The molecule has 1 aromatic carbocycles. The fraction of sp³-hybridized carbons (Fsp3) is 0.588. The van der Waals surface area contributed by atoms with E-state index in [-0.39, 0.29) is 11.7 Å². The van der Waals surface area contributed by atoms with Crippen LogP contribution < -0.4 is 4.90 Å². The molecule has 22 heavy (non-hydrogen) atoms. The first-order valence-corrected chi connectivity index (χ1v) is 8.11. The maximum atomic E-state index is 13.0. The average Bonchev–Trinajstić information content (AvgIpc) is 2.55. The van der Waals surface area contributed by atoms with E-state index in [1.807, 2.05) is 17.0 Å². The van der Waals surface area contributed by atoms with Crippen molar-refractivity contribution in [3.8, 4) is 0 Å². The van der Waals surface area contributed by atoms with Gasteiger partial charge in [-0.1, -0.05) is 0 Å². The third-order valence-electron chi connectivity index (χ3n) is 4.76. The van der Waals surface area contributed by atoms with E-state index in [1.54, 1.807) is 0 Å². The van der Waals surface area contributed by atoms with Gasteiger partial charge in [-0.25, -0.2) is 4.39 Å². The molecule has 2 aliphatic heterocycles. The highest BCUT2D eigenvalue weighted by Gasteiger charge is 2.29. The molecular weight excluding hydrogens is 281 g/mol. The van der Waals surface area contributed by atoms with E-state index >= 15 is 0 Å². The number of piperazine rings is 1. The fourth-order valence-electron chi connectivity index (χ4n) is 3.46. The normalized spacial score (nSPS) is 23.6. The second-order valence-electron chi connectivity index (χ2n) is 6.39. The molecule has 0 bridgehead atoms. The molecule has 1 amide bonds. The van der Waals surface area contributed by atoms with Crippen molar-refractivity contribution in [1.29, 1.82) is 0 Å². The summed E-state index contributed by atoms with van der Waals surface area (Å²) in [4.78, 5) is 19.1. The van der Waals surface area contributed by atoms with Gasteiger partial charge in [0.1, 0.15) is 5.82 Å². The fourth-order valence-corrected chi connectivity index (χ4v) is 3.46. The van der Waals surface area contributed by atoms with Crippen molar-refractivity contribution < 1.29 is 9.18 Å². The van der Waals surface area contributed by atoms with Gasteiger partial charge in [0.15, 0.2) is 0 Å². The Labute approximate surface area is 131 Å². The number of nitrogens with zero attached hydrogens (tertiary/aromatic N) is 3. The van der Waals surface area contributed by atoms with Gasteiger partial charge in [-0.05, 0) is 50.7 Å². The van der Waals surface area contributed by atoms with Crippen LogP contribution in [0.4, 0.5) is 10.1 Å². The van der Waals surface area contributed by atoms with Gasteiger partial charge in [0, 0.05) is 38.4 Å². The van der Waals surface area contributed by atoms with Crippen molar-refractivity contribution >= 4 is 11.6 Å². The maximum absolute atomic E-state index is 13.0. The van der Waals surface area contributed by atoms with Crippen molar-refractivity contribution in [3.63, 3.8) is 0 Å². The molecule has 0 aliphatic carbocycles. The molecule has 0 aromatic heterocycles. The Morgan fingerprint density at radius 2 is 1.77 bits per heavy atom. The van der Waals surface area contributed by atoms with Crippen LogP contribution in [0.15, 0.2) is 24.3 Å². The summed E-state index contributed by atoms with van der Waals surface area (Å²) in [7, 11) is 2.09. The lowest BCUT2D eigenvalue weighted by atomic mass is 9.96. The Hall–Kier alpha value is -1.62. The summed E-state index contributed by atoms with van der Waals surface area (Å²) < 4.78 is 13.0. The third kappa shape index (κ3) is 3.40. The number of anilines is 1. The maximum Gasteiger partial charge on any atom is 0.227 e. The summed E-state index contributed by atoms with van der Waals surface area (Å²) in [6.07, 6.45) is 2.13. The number of carbonyl (C=O) groups is 1. The Morgan fingerprint density at radius 1 is 1.09 bits per heavy atom. The van der Waals surface area contributed by atoms with Crippen LogP contribution in [-0.4, -0.2) is 62.0 Å². The smallest absolute Gasteiger partial charge is 0.227 e. The highest BCUT2D eigenvalue weighted by Crippen LogP contribution is 2.21. The number of rotatable bonds is 2. The number of likely N-dealkylation sites (tertiary alicyclic amines) is 1. The topological polar surface area (TPSA) is 26.8 Å². The van der Waals surface area contributed by atoms with E-state index in [9.17, 15) is 9.18 Å². The molecule has 0 saturated carbocycles. The number of hydrogen-bond acceptors (Lipinski definition) is 3. The first kappa shape index (κ1) is 15.3. The van der Waals surface area contributed by atoms with Crippen LogP contribution >= 0.6 is 0 Å². The molecule has 2 fully saturated rings. The molecule has 1 atom stereocenters. The van der Waals surface area contributed by atoms with Gasteiger partial charge >= 0.3 is 0 Å². The highest BCUT2D eigenvalue weighted by molar-refractivity contribution is 5.79. The molecule has 4 nitrogen and oxygen atoms in total. The van der Waals surface area contributed by atoms with Gasteiger partial charge in [0.05, 0.1) is 5.92 Å². The molecule has 0 spiro atoms. The first-order valence-electron chi connectivity index (χ1n) is 8.11. The number of hydrogen-bond donors (Lipinski definition) is 0. The van der Waals surface area contributed by atoms with Crippen LogP contribution in [0, 0.1) is 11.7 Å². The van der Waals surface area contributed by atoms with Crippen LogP contribution in [0.1, 0.15) is 12.8 Å². The third-order valence-corrected chi connectivity index (χ3v) is 4.76. The zero-order valence-electron chi connectivity index (χ0n) is 13.2. The highest BCUT2D eigenvalue weighted by atomic mass is 19.1. The van der Waals surface area contributed by atoms with Crippen molar-refractivity contribution in [2.45, 2.75) is 12.8 Å². The zero-order chi connectivity index (χ0) is 15.5. The van der Waals surface area contributed by atoms with Crippen molar-refractivity contribution in [2.75, 3.05) is 51.2 Å². The van der Waals surface area contributed by atoms with Crippen molar-refractivity contribution in [1.82, 2.24) is 9.80 Å². The van der Waals surface area contributed by atoms with E-state index in [0.29, 0.717) is 5.91 Å². The largest absolute Gasteiger partial charge is 0.368 e. The van der Waals surface area contributed by atoms with Crippen LogP contribution in [0.2, 0.25) is 0 Å². The van der Waals surface area contributed by atoms with Crippen molar-refractivity contribution in [3.05, 3.63) is 30.1 Å². The van der Waals surface area contributed by atoms with Gasteiger partial charge < -0.3 is 14.7 Å². The van der Waals surface area contributed by atoms with E-state index in [4.69, 9.17) is 0 Å². The second kappa shape index (κ2) is 6.65. The molecule has 2 heterocycles. The monoisotopic (exact) mass is 305 g/mol. The second-order valence-corrected chi connectivity index (χ2v) is 6.39. The quantitative estimate of drug-likeness (QED) is 0.834. The molecule has 120 valence electrons. The average molecular weight is 305 g/mol. The zero-order valence-corrected chi connectivity index (χ0v) is 13.2. The molecule has 3 rings (SSSR count). The van der Waals surface area contributed by atoms with Crippen molar-refractivity contribution in [2.24, 2.45) is 5.92 Å². The van der Waals surface area contributed by atoms with E-state index in [0.717, 1.165) is 57.8 Å². The molecule has 0 radical (unpaired) electrons. The summed E-state index contributed by atoms with van der Waals surface area (Å²) >= 11 is 0. The summed E-state index contributed by atoms with van der Waals surface area (Å²) in [5.74, 6) is 0.264. The molecule has 1 aromatic rings. The number of halogens is 1. The van der Waals surface area contributed by atoms with Gasteiger partial charge in [-0.3, -0.25) is 4.79 Å². The molecule has 5 heteroatoms. The van der Waals surface area contributed by atoms with Crippen LogP contribution in [-0.2, 0) is 4.79 Å². The molecular formula is C17H24FN3O. The van der Waals surface area contributed by atoms with E-state index < -0.39 is 0 Å². The Balaban J connectivity index is 1.55. The Kier molecular flexibility index (Phi) is 4.62. The summed E-state index contributed by atoms with van der Waals surface area (Å²) in [6.45, 7) is 5.14. The minimum atomic E-state index is -0.209. The standard InChI is InChI=1S/C17H24FN3O/c1-19-8-2-3-14(13-19)17(22)21-11-9-20(10-12-21)16-6-4-15(18)5-7-16/h4-7,14H,2-3,8-13H2,1H3/t14-/m1/s1. The molecule has 2 saturated heterocycles. The van der Waals surface area contributed by atoms with Crippen LogP contribution in [0.25, 0.3) is 0 Å². The number of carbonyl (C=O) groups excluding carboxylic acids is 1. The minimum Gasteiger partial charge on any atom is -0.368 e. The SMILES string of the molecule is CN1CCC[C@@H](C(=O)N2CCN(c3ccc(F)cc3)CC2)C1. The first-order chi connectivity index (χ1) is 10.6. The van der Waals surface area contributed by atoms with Crippen LogP contribution in [0.5, 0.6) is 0 Å². The number of benzene rings is 1. The van der Waals surface area contributed by atoms with Gasteiger partial charge in [-0.2, -0.15) is 0 Å². The molecule has 0 unspecified atom stereocenters. The molecule has 0 N–H and O–H groups in total. The van der Waals surface area contributed by atoms with Gasteiger partial charge in [0.25, 0.3) is 0 Å². The summed E-state index contributed by atoms with van der Waals surface area (Å²) in [5, 5.41) is 0. The van der Waals surface area contributed by atoms with Gasteiger partial charge in [-0.15, -0.1) is 0 Å². The van der Waals surface area contributed by atoms with E-state index in [1.165, 1.54) is 12.1 Å². The number of amides is 1. The minimum absolute atomic E-state index is 0.163.